The second-order valence-corrected chi connectivity index (χ2v) is 6.62. The van der Waals surface area contributed by atoms with Gasteiger partial charge in [-0.05, 0) is 23.9 Å². The number of amides is 1. The van der Waals surface area contributed by atoms with Crippen molar-refractivity contribution in [1.82, 2.24) is 5.32 Å². The minimum Gasteiger partial charge on any atom is -0.310 e. The number of anilines is 1. The smallest absolute Gasteiger partial charge is 0.244 e. The Kier molecular flexibility index (Phi) is 4.00. The molecule has 1 atom stereocenters. The molecular weight excluding hydrogens is 328 g/mol. The van der Waals surface area contributed by atoms with Crippen molar-refractivity contribution < 1.29 is 4.79 Å². The Morgan fingerprint density at radius 3 is 2.62 bits per heavy atom. The van der Waals surface area contributed by atoms with Gasteiger partial charge >= 0.3 is 0 Å². The number of benzene rings is 2. The number of halogens is 1. The first-order valence-electron chi connectivity index (χ1n) is 7.32. The minimum atomic E-state index is -0.0626. The van der Waals surface area contributed by atoms with Crippen molar-refractivity contribution >= 4 is 38.3 Å². The van der Waals surface area contributed by atoms with E-state index in [0.717, 1.165) is 33.9 Å². The average Bonchev–Trinajstić information content (AvgIpc) is 2.81. The molecule has 1 aliphatic heterocycles. The van der Waals surface area contributed by atoms with Crippen molar-refractivity contribution in [2.75, 3.05) is 11.4 Å². The second-order valence-electron chi connectivity index (χ2n) is 5.76. The van der Waals surface area contributed by atoms with E-state index in [4.69, 9.17) is 0 Å². The van der Waals surface area contributed by atoms with Crippen LogP contribution in [0.25, 0.3) is 10.8 Å². The van der Waals surface area contributed by atoms with Crippen molar-refractivity contribution in [2.45, 2.75) is 32.4 Å². The molecule has 0 aliphatic carbocycles. The summed E-state index contributed by atoms with van der Waals surface area (Å²) in [5.74, 6) is 0.177. The first-order valence-corrected chi connectivity index (χ1v) is 8.12. The number of carbonyl (C=O) groups is 1. The molecule has 2 aromatic carbocycles. The number of fused-ring (bicyclic) bond motifs is 1. The van der Waals surface area contributed by atoms with Crippen LogP contribution in [0.2, 0.25) is 0 Å². The quantitative estimate of drug-likeness (QED) is 0.918. The van der Waals surface area contributed by atoms with Gasteiger partial charge in [0.2, 0.25) is 5.91 Å². The van der Waals surface area contributed by atoms with Crippen molar-refractivity contribution in [1.29, 1.82) is 0 Å². The summed E-state index contributed by atoms with van der Waals surface area (Å²) in [4.78, 5) is 14.5. The van der Waals surface area contributed by atoms with Crippen LogP contribution in [0.1, 0.15) is 20.3 Å². The van der Waals surface area contributed by atoms with E-state index in [1.807, 2.05) is 29.2 Å². The van der Waals surface area contributed by atoms with E-state index in [1.165, 1.54) is 0 Å². The normalized spacial score (nSPS) is 19.0. The third-order valence-electron chi connectivity index (χ3n) is 3.88. The Morgan fingerprint density at radius 2 is 1.90 bits per heavy atom. The van der Waals surface area contributed by atoms with Crippen molar-refractivity contribution in [3.63, 3.8) is 0 Å². The number of hydrogen-bond donors (Lipinski definition) is 1. The molecule has 1 amide bonds. The number of rotatable bonds is 3. The monoisotopic (exact) mass is 346 g/mol. The maximum atomic E-state index is 12.6. The van der Waals surface area contributed by atoms with E-state index < -0.39 is 0 Å². The average molecular weight is 347 g/mol. The SMILES string of the molecule is CC(C)NC1CCN(c2ccc(Br)c3ccccc23)C1=O. The molecule has 1 saturated heterocycles. The van der Waals surface area contributed by atoms with Gasteiger partial charge in [0.05, 0.1) is 11.7 Å². The fraction of sp³-hybridized carbons (Fsp3) is 0.353. The van der Waals surface area contributed by atoms with Crippen molar-refractivity contribution in [3.8, 4) is 0 Å². The summed E-state index contributed by atoms with van der Waals surface area (Å²) >= 11 is 3.58. The van der Waals surface area contributed by atoms with E-state index in [2.05, 4.69) is 47.2 Å². The summed E-state index contributed by atoms with van der Waals surface area (Å²) < 4.78 is 1.06. The van der Waals surface area contributed by atoms with Crippen LogP contribution in [-0.4, -0.2) is 24.5 Å². The zero-order chi connectivity index (χ0) is 15.0. The molecule has 2 aromatic rings. The highest BCUT2D eigenvalue weighted by atomic mass is 79.9. The summed E-state index contributed by atoms with van der Waals surface area (Å²) in [6, 6.07) is 12.5. The maximum Gasteiger partial charge on any atom is 0.244 e. The summed E-state index contributed by atoms with van der Waals surface area (Å²) in [5.41, 5.74) is 1.01. The van der Waals surface area contributed by atoms with E-state index in [0.29, 0.717) is 6.04 Å². The molecule has 0 bridgehead atoms. The molecule has 0 spiro atoms. The Hall–Kier alpha value is -1.39. The predicted molar refractivity (Wildman–Crippen MR) is 90.7 cm³/mol. The lowest BCUT2D eigenvalue weighted by atomic mass is 10.1. The molecular formula is C17H19BrN2O. The Morgan fingerprint density at radius 1 is 1.19 bits per heavy atom. The van der Waals surface area contributed by atoms with Gasteiger partial charge in [-0.2, -0.15) is 0 Å². The highest BCUT2D eigenvalue weighted by molar-refractivity contribution is 9.10. The topological polar surface area (TPSA) is 32.3 Å². The van der Waals surface area contributed by atoms with Gasteiger partial charge in [0.15, 0.2) is 0 Å². The van der Waals surface area contributed by atoms with E-state index in [-0.39, 0.29) is 11.9 Å². The lowest BCUT2D eigenvalue weighted by Crippen LogP contribution is -2.41. The second kappa shape index (κ2) is 5.78. The molecule has 21 heavy (non-hydrogen) atoms. The van der Waals surface area contributed by atoms with Gasteiger partial charge in [0.25, 0.3) is 0 Å². The standard InChI is InChI=1S/C17H19BrN2O/c1-11(2)19-15-9-10-20(17(15)21)16-8-7-14(18)12-5-3-4-6-13(12)16/h3-8,11,15,19H,9-10H2,1-2H3. The van der Waals surface area contributed by atoms with Crippen LogP contribution in [0.3, 0.4) is 0 Å². The molecule has 1 N–H and O–H groups in total. The molecule has 0 radical (unpaired) electrons. The molecule has 1 heterocycles. The van der Waals surface area contributed by atoms with Crippen molar-refractivity contribution in [2.24, 2.45) is 0 Å². The van der Waals surface area contributed by atoms with Gasteiger partial charge in [-0.3, -0.25) is 4.79 Å². The third-order valence-corrected chi connectivity index (χ3v) is 4.57. The number of hydrogen-bond acceptors (Lipinski definition) is 2. The fourth-order valence-electron chi connectivity index (χ4n) is 2.96. The first kappa shape index (κ1) is 14.5. The summed E-state index contributed by atoms with van der Waals surface area (Å²) in [6.45, 7) is 4.92. The molecule has 1 fully saturated rings. The van der Waals surface area contributed by atoms with Crippen LogP contribution in [0, 0.1) is 0 Å². The summed E-state index contributed by atoms with van der Waals surface area (Å²) in [7, 11) is 0. The Bertz CT molecular complexity index is 684. The zero-order valence-electron chi connectivity index (χ0n) is 12.3. The molecule has 1 aliphatic rings. The Balaban J connectivity index is 1.99. The van der Waals surface area contributed by atoms with Crippen LogP contribution in [-0.2, 0) is 4.79 Å². The molecule has 0 saturated carbocycles. The zero-order valence-corrected chi connectivity index (χ0v) is 13.9. The predicted octanol–water partition coefficient (Wildman–Crippen LogP) is 3.71. The van der Waals surface area contributed by atoms with Gasteiger partial charge in [0.1, 0.15) is 0 Å². The minimum absolute atomic E-state index is 0.0626. The lowest BCUT2D eigenvalue weighted by Gasteiger charge is -2.20. The van der Waals surface area contributed by atoms with E-state index in [1.54, 1.807) is 0 Å². The summed E-state index contributed by atoms with van der Waals surface area (Å²) in [5, 5.41) is 5.61. The van der Waals surface area contributed by atoms with Crippen LogP contribution >= 0.6 is 15.9 Å². The molecule has 3 nitrogen and oxygen atoms in total. The van der Waals surface area contributed by atoms with E-state index >= 15 is 0 Å². The molecule has 3 rings (SSSR count). The van der Waals surface area contributed by atoms with Crippen LogP contribution in [0.5, 0.6) is 0 Å². The van der Waals surface area contributed by atoms with Crippen molar-refractivity contribution in [3.05, 3.63) is 40.9 Å². The van der Waals surface area contributed by atoms with Crippen LogP contribution in [0.15, 0.2) is 40.9 Å². The van der Waals surface area contributed by atoms with Gasteiger partial charge in [-0.1, -0.05) is 54.0 Å². The number of nitrogens with one attached hydrogen (secondary N) is 1. The third kappa shape index (κ3) is 2.70. The number of nitrogens with zero attached hydrogens (tertiary/aromatic N) is 1. The van der Waals surface area contributed by atoms with Gasteiger partial charge in [0, 0.05) is 22.4 Å². The lowest BCUT2D eigenvalue weighted by molar-refractivity contribution is -0.118. The van der Waals surface area contributed by atoms with E-state index in [9.17, 15) is 4.79 Å². The number of carbonyl (C=O) groups excluding carboxylic acids is 1. The molecule has 1 unspecified atom stereocenters. The maximum absolute atomic E-state index is 12.6. The summed E-state index contributed by atoms with van der Waals surface area (Å²) in [6.07, 6.45) is 0.863. The van der Waals surface area contributed by atoms with Gasteiger partial charge in [-0.15, -0.1) is 0 Å². The fourth-order valence-corrected chi connectivity index (χ4v) is 3.44. The van der Waals surface area contributed by atoms with Gasteiger partial charge in [-0.25, -0.2) is 0 Å². The highest BCUT2D eigenvalue weighted by Crippen LogP contribution is 2.34. The largest absolute Gasteiger partial charge is 0.310 e. The molecule has 0 aromatic heterocycles. The molecule has 110 valence electrons. The highest BCUT2D eigenvalue weighted by Gasteiger charge is 2.33. The van der Waals surface area contributed by atoms with Gasteiger partial charge < -0.3 is 10.2 Å². The van der Waals surface area contributed by atoms with Crippen LogP contribution < -0.4 is 10.2 Å². The Labute approximate surface area is 133 Å². The van der Waals surface area contributed by atoms with Crippen LogP contribution in [0.4, 0.5) is 5.69 Å². The first-order chi connectivity index (χ1) is 10.1. The molecule has 4 heteroatoms.